The van der Waals surface area contributed by atoms with Gasteiger partial charge < -0.3 is 10.1 Å². The molecule has 0 unspecified atom stereocenters. The van der Waals surface area contributed by atoms with Gasteiger partial charge in [0.2, 0.25) is 0 Å². The Hall–Kier alpha value is -2.92. The molecule has 5 heteroatoms. The first-order chi connectivity index (χ1) is 12.6. The first-order valence-electron chi connectivity index (χ1n) is 8.38. The molecule has 1 atom stereocenters. The number of thiophene rings is 1. The molecular weight excluding hydrogens is 344 g/mol. The van der Waals surface area contributed by atoms with Gasteiger partial charge in [0.25, 0.3) is 5.91 Å². The molecule has 26 heavy (non-hydrogen) atoms. The number of pyridine rings is 1. The molecule has 1 N–H and O–H groups in total. The molecule has 0 fully saturated rings. The number of benzene rings is 2. The fraction of sp³-hybridized carbons (Fsp3) is 0.143. The van der Waals surface area contributed by atoms with Crippen molar-refractivity contribution in [3.05, 3.63) is 71.1 Å². The average Bonchev–Trinajstić information content (AvgIpc) is 3.09. The summed E-state index contributed by atoms with van der Waals surface area (Å²) in [5.74, 6) is 0.718. The van der Waals surface area contributed by atoms with Crippen LogP contribution < -0.4 is 10.1 Å². The summed E-state index contributed by atoms with van der Waals surface area (Å²) < 4.78 is 5.17. The molecule has 0 bridgehead atoms. The summed E-state index contributed by atoms with van der Waals surface area (Å²) in [6, 6.07) is 19.6. The van der Waals surface area contributed by atoms with Gasteiger partial charge in [0.05, 0.1) is 23.5 Å². The zero-order valence-corrected chi connectivity index (χ0v) is 15.3. The van der Waals surface area contributed by atoms with Crippen LogP contribution in [-0.2, 0) is 0 Å². The minimum Gasteiger partial charge on any atom is -0.497 e. The third-order valence-corrected chi connectivity index (χ3v) is 5.44. The third kappa shape index (κ3) is 3.13. The predicted octanol–water partition coefficient (Wildman–Crippen LogP) is 4.95. The van der Waals surface area contributed by atoms with Crippen molar-refractivity contribution in [2.45, 2.75) is 13.0 Å². The first-order valence-corrected chi connectivity index (χ1v) is 9.20. The molecule has 0 radical (unpaired) electrons. The largest absolute Gasteiger partial charge is 0.497 e. The zero-order valence-electron chi connectivity index (χ0n) is 14.5. The van der Waals surface area contributed by atoms with Crippen LogP contribution in [0.15, 0.2) is 60.7 Å². The normalized spacial score (nSPS) is 12.2. The summed E-state index contributed by atoms with van der Waals surface area (Å²) in [6.45, 7) is 1.97. The Labute approximate surface area is 155 Å². The van der Waals surface area contributed by atoms with E-state index in [1.165, 1.54) is 11.3 Å². The molecular formula is C21H18N2O2S. The Kier molecular flexibility index (Phi) is 4.31. The molecule has 130 valence electrons. The number of carbonyl (C=O) groups is 1. The van der Waals surface area contributed by atoms with E-state index in [2.05, 4.69) is 16.4 Å². The Morgan fingerprint density at radius 3 is 2.62 bits per heavy atom. The van der Waals surface area contributed by atoms with Gasteiger partial charge in [0.1, 0.15) is 10.6 Å². The molecule has 2 heterocycles. The van der Waals surface area contributed by atoms with Crippen molar-refractivity contribution >= 4 is 38.4 Å². The molecule has 0 spiro atoms. The Morgan fingerprint density at radius 2 is 1.85 bits per heavy atom. The standard InChI is InChI=1S/C21H18N2O2S/c1-13(14-7-9-17(25-2)10-8-14)22-20(24)19-12-16-11-15-5-3-4-6-18(15)23-21(16)26-19/h3-13H,1-2H3,(H,22,24)/t13-/m1/s1. The highest BCUT2D eigenvalue weighted by Gasteiger charge is 2.15. The smallest absolute Gasteiger partial charge is 0.261 e. The highest BCUT2D eigenvalue weighted by molar-refractivity contribution is 7.20. The highest BCUT2D eigenvalue weighted by atomic mass is 32.1. The van der Waals surface area contributed by atoms with Gasteiger partial charge in [-0.25, -0.2) is 4.98 Å². The van der Waals surface area contributed by atoms with E-state index in [1.54, 1.807) is 7.11 Å². The SMILES string of the molecule is COc1ccc([C@@H](C)NC(=O)c2cc3cc4ccccc4nc3s2)cc1. The van der Waals surface area contributed by atoms with Crippen LogP contribution in [0.25, 0.3) is 21.1 Å². The van der Waals surface area contributed by atoms with Gasteiger partial charge in [-0.3, -0.25) is 4.79 Å². The second-order valence-electron chi connectivity index (χ2n) is 6.15. The number of fused-ring (bicyclic) bond motifs is 2. The van der Waals surface area contributed by atoms with E-state index >= 15 is 0 Å². The lowest BCUT2D eigenvalue weighted by Gasteiger charge is -2.14. The Morgan fingerprint density at radius 1 is 1.08 bits per heavy atom. The second-order valence-corrected chi connectivity index (χ2v) is 7.19. The molecule has 2 aromatic heterocycles. The lowest BCUT2D eigenvalue weighted by Crippen LogP contribution is -2.25. The molecule has 4 nitrogen and oxygen atoms in total. The maximum Gasteiger partial charge on any atom is 0.261 e. The monoisotopic (exact) mass is 362 g/mol. The number of carbonyl (C=O) groups excluding carboxylic acids is 1. The molecule has 0 aliphatic heterocycles. The Bertz CT molecular complexity index is 1030. The van der Waals surface area contributed by atoms with Crippen LogP contribution in [0.3, 0.4) is 0 Å². The van der Waals surface area contributed by atoms with Gasteiger partial charge in [-0.15, -0.1) is 11.3 Å². The molecule has 0 saturated carbocycles. The third-order valence-electron chi connectivity index (χ3n) is 4.40. The number of methoxy groups -OCH3 is 1. The molecule has 0 saturated heterocycles. The van der Waals surface area contributed by atoms with E-state index in [4.69, 9.17) is 4.74 Å². The number of hydrogen-bond acceptors (Lipinski definition) is 4. The second kappa shape index (κ2) is 6.77. The van der Waals surface area contributed by atoms with E-state index < -0.39 is 0 Å². The van der Waals surface area contributed by atoms with Crippen molar-refractivity contribution in [1.29, 1.82) is 0 Å². The number of nitrogens with one attached hydrogen (secondary N) is 1. The van der Waals surface area contributed by atoms with Crippen LogP contribution >= 0.6 is 11.3 Å². The van der Waals surface area contributed by atoms with Crippen molar-refractivity contribution in [3.63, 3.8) is 0 Å². The topological polar surface area (TPSA) is 51.2 Å². The zero-order chi connectivity index (χ0) is 18.1. The summed E-state index contributed by atoms with van der Waals surface area (Å²) in [6.07, 6.45) is 0. The molecule has 0 aliphatic carbocycles. The van der Waals surface area contributed by atoms with Crippen molar-refractivity contribution in [1.82, 2.24) is 10.3 Å². The summed E-state index contributed by atoms with van der Waals surface area (Å²) >= 11 is 1.42. The summed E-state index contributed by atoms with van der Waals surface area (Å²) in [5.41, 5.74) is 1.98. The van der Waals surface area contributed by atoms with E-state index in [9.17, 15) is 4.79 Å². The predicted molar refractivity (Wildman–Crippen MR) is 106 cm³/mol. The summed E-state index contributed by atoms with van der Waals surface area (Å²) in [4.78, 5) is 18.9. The van der Waals surface area contributed by atoms with Crippen LogP contribution in [0.2, 0.25) is 0 Å². The van der Waals surface area contributed by atoms with E-state index in [1.807, 2.05) is 61.5 Å². The fourth-order valence-corrected chi connectivity index (χ4v) is 3.86. The van der Waals surface area contributed by atoms with Gasteiger partial charge in [0.15, 0.2) is 0 Å². The average molecular weight is 362 g/mol. The highest BCUT2D eigenvalue weighted by Crippen LogP contribution is 2.28. The maximum atomic E-state index is 12.7. The van der Waals surface area contributed by atoms with Crippen molar-refractivity contribution < 1.29 is 9.53 Å². The number of para-hydroxylation sites is 1. The number of aromatic nitrogens is 1. The summed E-state index contributed by atoms with van der Waals surface area (Å²) in [7, 11) is 1.64. The number of amides is 1. The van der Waals surface area contributed by atoms with Crippen molar-refractivity contribution in [2.24, 2.45) is 0 Å². The fourth-order valence-electron chi connectivity index (χ4n) is 2.93. The van der Waals surface area contributed by atoms with E-state index in [0.29, 0.717) is 4.88 Å². The number of ether oxygens (including phenoxy) is 1. The number of nitrogens with zero attached hydrogens (tertiary/aromatic N) is 1. The number of rotatable bonds is 4. The van der Waals surface area contributed by atoms with Gasteiger partial charge >= 0.3 is 0 Å². The molecule has 4 rings (SSSR count). The molecule has 1 amide bonds. The van der Waals surface area contributed by atoms with Gasteiger partial charge in [-0.1, -0.05) is 30.3 Å². The maximum absolute atomic E-state index is 12.7. The van der Waals surface area contributed by atoms with Gasteiger partial charge in [0, 0.05) is 10.8 Å². The molecule has 4 aromatic rings. The van der Waals surface area contributed by atoms with Crippen molar-refractivity contribution in [3.8, 4) is 5.75 Å². The van der Waals surface area contributed by atoms with Crippen LogP contribution in [0, 0.1) is 0 Å². The van der Waals surface area contributed by atoms with Crippen LogP contribution in [-0.4, -0.2) is 18.0 Å². The minimum absolute atomic E-state index is 0.0830. The minimum atomic E-state index is -0.0920. The van der Waals surface area contributed by atoms with E-state index in [-0.39, 0.29) is 11.9 Å². The van der Waals surface area contributed by atoms with E-state index in [0.717, 1.165) is 32.4 Å². The van der Waals surface area contributed by atoms with Crippen LogP contribution in [0.5, 0.6) is 5.75 Å². The Balaban J connectivity index is 1.57. The molecule has 0 aliphatic rings. The number of hydrogen-bond donors (Lipinski definition) is 1. The van der Waals surface area contributed by atoms with Gasteiger partial charge in [-0.05, 0) is 42.8 Å². The van der Waals surface area contributed by atoms with Crippen molar-refractivity contribution in [2.75, 3.05) is 7.11 Å². The quantitative estimate of drug-likeness (QED) is 0.559. The van der Waals surface area contributed by atoms with Crippen LogP contribution in [0.4, 0.5) is 0 Å². The lowest BCUT2D eigenvalue weighted by atomic mass is 10.1. The first kappa shape index (κ1) is 16.5. The summed E-state index contributed by atoms with van der Waals surface area (Å²) in [5, 5.41) is 5.13. The van der Waals surface area contributed by atoms with Crippen LogP contribution in [0.1, 0.15) is 28.2 Å². The lowest BCUT2D eigenvalue weighted by molar-refractivity contribution is 0.0944. The molecule has 2 aromatic carbocycles. The van der Waals surface area contributed by atoms with Gasteiger partial charge in [-0.2, -0.15) is 0 Å².